The van der Waals surface area contributed by atoms with E-state index in [1.165, 1.54) is 10.8 Å². The van der Waals surface area contributed by atoms with Gasteiger partial charge < -0.3 is 5.11 Å². The van der Waals surface area contributed by atoms with Crippen LogP contribution in [0.5, 0.6) is 0 Å². The van der Waals surface area contributed by atoms with Crippen molar-refractivity contribution in [1.82, 2.24) is 15.0 Å². The number of nitrogens with zero attached hydrogens (tertiary/aromatic N) is 3. The lowest BCUT2D eigenvalue weighted by molar-refractivity contribution is -0.131. The number of aryl methyl sites for hydroxylation is 1. The van der Waals surface area contributed by atoms with E-state index in [9.17, 15) is 4.79 Å². The number of rotatable bonds is 2. The molecule has 1 N–H and O–H groups in total. The van der Waals surface area contributed by atoms with E-state index in [2.05, 4.69) is 10.3 Å². The van der Waals surface area contributed by atoms with Crippen molar-refractivity contribution in [2.24, 2.45) is 7.05 Å². The molecule has 0 saturated carbocycles. The molecule has 0 aliphatic rings. The smallest absolute Gasteiger partial charge is 0.328 e. The van der Waals surface area contributed by atoms with Crippen LogP contribution in [0.25, 0.3) is 6.08 Å². The van der Waals surface area contributed by atoms with Crippen LogP contribution in [-0.2, 0) is 11.8 Å². The molecule has 0 saturated heterocycles. The third kappa shape index (κ3) is 2.21. The fourth-order valence-corrected chi connectivity index (χ4v) is 0.598. The highest BCUT2D eigenvalue weighted by atomic mass is 16.4. The second-order valence-corrected chi connectivity index (χ2v) is 1.99. The van der Waals surface area contributed by atoms with Crippen molar-refractivity contribution in [2.75, 3.05) is 0 Å². The van der Waals surface area contributed by atoms with Gasteiger partial charge in [0.2, 0.25) is 0 Å². The minimum absolute atomic E-state index is 0.537. The summed E-state index contributed by atoms with van der Waals surface area (Å²) >= 11 is 0. The molecule has 1 heterocycles. The molecular weight excluding hydrogens is 146 g/mol. The lowest BCUT2D eigenvalue weighted by Gasteiger charge is -1.78. The van der Waals surface area contributed by atoms with Gasteiger partial charge in [-0.3, -0.25) is 4.68 Å². The lowest BCUT2D eigenvalue weighted by atomic mass is 10.4. The van der Waals surface area contributed by atoms with Crippen molar-refractivity contribution in [3.8, 4) is 0 Å². The van der Waals surface area contributed by atoms with Gasteiger partial charge >= 0.3 is 5.97 Å². The predicted molar refractivity (Wildman–Crippen MR) is 37.7 cm³/mol. The number of carboxylic acids is 1. The molecule has 5 heteroatoms. The molecule has 0 atom stereocenters. The normalized spacial score (nSPS) is 10.6. The molecule has 58 valence electrons. The number of hydrogen-bond donors (Lipinski definition) is 1. The molecule has 0 amide bonds. The highest BCUT2D eigenvalue weighted by Crippen LogP contribution is 1.93. The van der Waals surface area contributed by atoms with E-state index in [1.807, 2.05) is 0 Å². The molecule has 0 unspecified atom stereocenters. The molecule has 0 aliphatic heterocycles. The van der Waals surface area contributed by atoms with Gasteiger partial charge in [-0.05, 0) is 6.08 Å². The van der Waals surface area contributed by atoms with Crippen molar-refractivity contribution < 1.29 is 9.90 Å². The first-order chi connectivity index (χ1) is 5.18. The van der Waals surface area contributed by atoms with Gasteiger partial charge in [0.05, 0.1) is 6.20 Å². The van der Waals surface area contributed by atoms with Crippen LogP contribution in [0.1, 0.15) is 5.69 Å². The van der Waals surface area contributed by atoms with E-state index in [0.717, 1.165) is 6.08 Å². The van der Waals surface area contributed by atoms with Crippen LogP contribution < -0.4 is 0 Å². The molecule has 0 aromatic carbocycles. The Labute approximate surface area is 63.0 Å². The maximum absolute atomic E-state index is 10.0. The van der Waals surface area contributed by atoms with Crippen LogP contribution >= 0.6 is 0 Å². The molecule has 11 heavy (non-hydrogen) atoms. The molecule has 1 aromatic rings. The number of aliphatic carboxylic acids is 1. The molecule has 0 fully saturated rings. The van der Waals surface area contributed by atoms with Gasteiger partial charge in [0, 0.05) is 13.1 Å². The topological polar surface area (TPSA) is 68.0 Å². The minimum atomic E-state index is -0.990. The van der Waals surface area contributed by atoms with Gasteiger partial charge in [0.1, 0.15) is 5.69 Å². The van der Waals surface area contributed by atoms with Crippen LogP contribution in [0, 0.1) is 0 Å². The zero-order valence-electron chi connectivity index (χ0n) is 5.93. The fourth-order valence-electron chi connectivity index (χ4n) is 0.598. The van der Waals surface area contributed by atoms with Crippen molar-refractivity contribution >= 4 is 12.0 Å². The largest absolute Gasteiger partial charge is 0.478 e. The van der Waals surface area contributed by atoms with Gasteiger partial charge in [0.15, 0.2) is 0 Å². The first kappa shape index (κ1) is 7.46. The Bertz CT molecular complexity index is 290. The molecule has 5 nitrogen and oxygen atoms in total. The molecule has 0 spiro atoms. The van der Waals surface area contributed by atoms with Gasteiger partial charge in [-0.25, -0.2) is 4.79 Å². The third-order valence-corrected chi connectivity index (χ3v) is 1.02. The summed E-state index contributed by atoms with van der Waals surface area (Å²) in [4.78, 5) is 10.0. The second kappa shape index (κ2) is 2.96. The monoisotopic (exact) mass is 153 g/mol. The lowest BCUT2D eigenvalue weighted by Crippen LogP contribution is -1.85. The van der Waals surface area contributed by atoms with Crippen molar-refractivity contribution in [1.29, 1.82) is 0 Å². The highest BCUT2D eigenvalue weighted by molar-refractivity contribution is 5.84. The quantitative estimate of drug-likeness (QED) is 0.603. The molecule has 0 radical (unpaired) electrons. The maximum atomic E-state index is 10.0. The van der Waals surface area contributed by atoms with Gasteiger partial charge in [0.25, 0.3) is 0 Å². The number of aromatic nitrogens is 3. The first-order valence-corrected chi connectivity index (χ1v) is 2.96. The van der Waals surface area contributed by atoms with Gasteiger partial charge in [-0.1, -0.05) is 5.21 Å². The highest BCUT2D eigenvalue weighted by Gasteiger charge is 1.92. The Morgan fingerprint density at radius 1 is 1.82 bits per heavy atom. The number of carbonyl (C=O) groups is 1. The number of hydrogen-bond acceptors (Lipinski definition) is 3. The van der Waals surface area contributed by atoms with E-state index in [0.29, 0.717) is 5.69 Å². The fraction of sp³-hybridized carbons (Fsp3) is 0.167. The van der Waals surface area contributed by atoms with Crippen LogP contribution in [0.15, 0.2) is 12.3 Å². The summed E-state index contributed by atoms with van der Waals surface area (Å²) in [7, 11) is 1.71. The summed E-state index contributed by atoms with van der Waals surface area (Å²) < 4.78 is 1.50. The van der Waals surface area contributed by atoms with Crippen LogP contribution in [-0.4, -0.2) is 26.1 Å². The summed E-state index contributed by atoms with van der Waals surface area (Å²) in [6.45, 7) is 0. The third-order valence-electron chi connectivity index (χ3n) is 1.02. The summed E-state index contributed by atoms with van der Waals surface area (Å²) in [5.41, 5.74) is 0.537. The van der Waals surface area contributed by atoms with Crippen LogP contribution in [0.2, 0.25) is 0 Å². The summed E-state index contributed by atoms with van der Waals surface area (Å²) in [5.74, 6) is -0.990. The first-order valence-electron chi connectivity index (χ1n) is 2.96. The maximum Gasteiger partial charge on any atom is 0.328 e. The SMILES string of the molecule is Cn1cc(C=CC(=O)O)nn1. The second-order valence-electron chi connectivity index (χ2n) is 1.99. The summed E-state index contributed by atoms with van der Waals surface area (Å²) in [6.07, 6.45) is 4.03. The Balaban J connectivity index is 2.71. The van der Waals surface area contributed by atoms with Crippen molar-refractivity contribution in [3.63, 3.8) is 0 Å². The summed E-state index contributed by atoms with van der Waals surface area (Å²) in [5, 5.41) is 15.5. The standard InChI is InChI=1S/C6H7N3O2/c1-9-4-5(7-8-9)2-3-6(10)11/h2-4H,1H3,(H,10,11). The van der Waals surface area contributed by atoms with Gasteiger partial charge in [-0.2, -0.15) is 0 Å². The molecule has 1 rings (SSSR count). The van der Waals surface area contributed by atoms with E-state index in [-0.39, 0.29) is 0 Å². The average Bonchev–Trinajstić information content (AvgIpc) is 2.31. The van der Waals surface area contributed by atoms with E-state index < -0.39 is 5.97 Å². The van der Waals surface area contributed by atoms with E-state index in [4.69, 9.17) is 5.11 Å². The minimum Gasteiger partial charge on any atom is -0.478 e. The molecule has 1 aromatic heterocycles. The Morgan fingerprint density at radius 2 is 2.55 bits per heavy atom. The van der Waals surface area contributed by atoms with Gasteiger partial charge in [-0.15, -0.1) is 5.10 Å². The van der Waals surface area contributed by atoms with Crippen LogP contribution in [0.4, 0.5) is 0 Å². The average molecular weight is 153 g/mol. The van der Waals surface area contributed by atoms with Crippen molar-refractivity contribution in [2.45, 2.75) is 0 Å². The van der Waals surface area contributed by atoms with E-state index in [1.54, 1.807) is 13.2 Å². The summed E-state index contributed by atoms with van der Waals surface area (Å²) in [6, 6.07) is 0. The zero-order valence-corrected chi connectivity index (χ0v) is 5.93. The Morgan fingerprint density at radius 3 is 3.00 bits per heavy atom. The molecular formula is C6H7N3O2. The number of carboxylic acid groups (broad SMARTS) is 1. The molecule has 0 bridgehead atoms. The molecule has 0 aliphatic carbocycles. The zero-order chi connectivity index (χ0) is 8.27. The Kier molecular flexibility index (Phi) is 2.00. The van der Waals surface area contributed by atoms with E-state index >= 15 is 0 Å². The van der Waals surface area contributed by atoms with Crippen molar-refractivity contribution in [3.05, 3.63) is 18.0 Å². The Hall–Kier alpha value is -1.65. The van der Waals surface area contributed by atoms with Crippen LogP contribution in [0.3, 0.4) is 0 Å². The predicted octanol–water partition coefficient (Wildman–Crippen LogP) is -0.0871.